The Kier molecular flexibility index (Phi) is 5.89. The largest absolute Gasteiger partial charge is 0.364 e. The third-order valence-corrected chi connectivity index (χ3v) is 4.70. The summed E-state index contributed by atoms with van der Waals surface area (Å²) < 4.78 is 2.40. The van der Waals surface area contributed by atoms with Gasteiger partial charge in [-0.15, -0.1) is 12.4 Å². The van der Waals surface area contributed by atoms with Crippen molar-refractivity contribution in [3.8, 4) is 0 Å². The van der Waals surface area contributed by atoms with Crippen molar-refractivity contribution in [1.29, 1.82) is 0 Å². The predicted molar refractivity (Wildman–Crippen MR) is 105 cm³/mol. The van der Waals surface area contributed by atoms with Crippen LogP contribution in [-0.4, -0.2) is 9.55 Å². The van der Waals surface area contributed by atoms with E-state index in [0.29, 0.717) is 0 Å². The van der Waals surface area contributed by atoms with E-state index < -0.39 is 0 Å². The zero-order valence-corrected chi connectivity index (χ0v) is 15.7. The molecule has 0 aliphatic heterocycles. The number of hydrogen-bond acceptors (Lipinski definition) is 2. The molecule has 128 valence electrons. The Morgan fingerprint density at radius 3 is 2.54 bits per heavy atom. The van der Waals surface area contributed by atoms with Gasteiger partial charge >= 0.3 is 0 Å². The fraction of sp³-hybridized carbons (Fsp3) is 0.350. The minimum absolute atomic E-state index is 0. The molecule has 1 N–H and O–H groups in total. The SMILES string of the molecule is CCCn1c(C)c(C)c2ccnc(NCc3ccccc3C)c21.Cl. The van der Waals surface area contributed by atoms with E-state index in [1.54, 1.807) is 0 Å². The maximum Gasteiger partial charge on any atom is 0.150 e. The lowest BCUT2D eigenvalue weighted by molar-refractivity contribution is 0.683. The molecule has 4 heteroatoms. The zero-order valence-electron chi connectivity index (χ0n) is 14.9. The lowest BCUT2D eigenvalue weighted by Crippen LogP contribution is -2.06. The molecule has 0 saturated heterocycles. The summed E-state index contributed by atoms with van der Waals surface area (Å²) >= 11 is 0. The van der Waals surface area contributed by atoms with Crippen LogP contribution in [0.5, 0.6) is 0 Å². The summed E-state index contributed by atoms with van der Waals surface area (Å²) in [5, 5.41) is 4.86. The fourth-order valence-corrected chi connectivity index (χ4v) is 3.21. The molecule has 0 aliphatic carbocycles. The molecule has 2 aromatic heterocycles. The van der Waals surface area contributed by atoms with Crippen LogP contribution in [0, 0.1) is 20.8 Å². The molecule has 0 unspecified atom stereocenters. The van der Waals surface area contributed by atoms with Crippen molar-refractivity contribution in [2.45, 2.75) is 47.2 Å². The Morgan fingerprint density at radius 1 is 1.08 bits per heavy atom. The first-order chi connectivity index (χ1) is 11.1. The number of pyridine rings is 1. The van der Waals surface area contributed by atoms with Gasteiger partial charge in [-0.05, 0) is 49.9 Å². The highest BCUT2D eigenvalue weighted by atomic mass is 35.5. The van der Waals surface area contributed by atoms with Crippen LogP contribution in [0.15, 0.2) is 36.5 Å². The Hall–Kier alpha value is -2.00. The minimum atomic E-state index is 0. The first-order valence-electron chi connectivity index (χ1n) is 8.36. The molecule has 0 aliphatic rings. The summed E-state index contributed by atoms with van der Waals surface area (Å²) in [7, 11) is 0. The number of rotatable bonds is 5. The fourth-order valence-electron chi connectivity index (χ4n) is 3.21. The predicted octanol–water partition coefficient (Wildman–Crippen LogP) is 5.41. The quantitative estimate of drug-likeness (QED) is 0.671. The van der Waals surface area contributed by atoms with E-state index in [9.17, 15) is 0 Å². The molecule has 2 heterocycles. The Labute approximate surface area is 150 Å². The molecule has 1 aromatic carbocycles. The maximum atomic E-state index is 4.62. The third kappa shape index (κ3) is 3.27. The summed E-state index contributed by atoms with van der Waals surface area (Å²) in [5.74, 6) is 0.982. The first-order valence-corrected chi connectivity index (χ1v) is 8.36. The molecular formula is C20H26ClN3. The standard InChI is InChI=1S/C20H25N3.ClH/c1-5-12-23-16(4)15(3)18-10-11-21-20(19(18)23)22-13-17-9-7-6-8-14(17)2;/h6-11H,5,12-13H2,1-4H3,(H,21,22);1H. The minimum Gasteiger partial charge on any atom is -0.364 e. The molecule has 3 rings (SSSR count). The average molecular weight is 344 g/mol. The maximum absolute atomic E-state index is 4.62. The summed E-state index contributed by atoms with van der Waals surface area (Å²) in [6.45, 7) is 10.6. The van der Waals surface area contributed by atoms with Crippen molar-refractivity contribution in [2.75, 3.05) is 5.32 Å². The van der Waals surface area contributed by atoms with Crippen LogP contribution in [0.3, 0.4) is 0 Å². The number of fused-ring (bicyclic) bond motifs is 1. The van der Waals surface area contributed by atoms with Gasteiger partial charge in [0, 0.05) is 30.4 Å². The van der Waals surface area contributed by atoms with Gasteiger partial charge in [-0.25, -0.2) is 4.98 Å². The van der Waals surface area contributed by atoms with Crippen LogP contribution in [0.25, 0.3) is 10.9 Å². The van der Waals surface area contributed by atoms with Gasteiger partial charge < -0.3 is 9.88 Å². The van der Waals surface area contributed by atoms with Crippen LogP contribution in [-0.2, 0) is 13.1 Å². The lowest BCUT2D eigenvalue weighted by Gasteiger charge is -2.12. The molecule has 0 amide bonds. The monoisotopic (exact) mass is 343 g/mol. The van der Waals surface area contributed by atoms with Crippen molar-refractivity contribution in [2.24, 2.45) is 0 Å². The third-order valence-electron chi connectivity index (χ3n) is 4.70. The number of aromatic nitrogens is 2. The Bertz CT molecular complexity index is 836. The molecule has 0 saturated carbocycles. The molecule has 0 spiro atoms. The second-order valence-electron chi connectivity index (χ2n) is 6.20. The number of aryl methyl sites for hydroxylation is 3. The second kappa shape index (κ2) is 7.71. The van der Waals surface area contributed by atoms with Gasteiger partial charge in [0.1, 0.15) is 0 Å². The highest BCUT2D eigenvalue weighted by molar-refractivity contribution is 5.93. The van der Waals surface area contributed by atoms with Gasteiger partial charge in [-0.2, -0.15) is 0 Å². The molecule has 0 atom stereocenters. The van der Waals surface area contributed by atoms with Crippen LogP contribution in [0.2, 0.25) is 0 Å². The zero-order chi connectivity index (χ0) is 16.4. The summed E-state index contributed by atoms with van der Waals surface area (Å²) in [6, 6.07) is 10.6. The topological polar surface area (TPSA) is 29.9 Å². The van der Waals surface area contributed by atoms with Crippen molar-refractivity contribution >= 4 is 29.1 Å². The van der Waals surface area contributed by atoms with Crippen molar-refractivity contribution < 1.29 is 0 Å². The van der Waals surface area contributed by atoms with Gasteiger partial charge in [0.2, 0.25) is 0 Å². The summed E-state index contributed by atoms with van der Waals surface area (Å²) in [5.41, 5.74) is 6.55. The highest BCUT2D eigenvalue weighted by Crippen LogP contribution is 2.30. The normalized spacial score (nSPS) is 10.7. The number of hydrogen-bond donors (Lipinski definition) is 1. The van der Waals surface area contributed by atoms with Gasteiger partial charge in [-0.3, -0.25) is 0 Å². The van der Waals surface area contributed by atoms with Crippen LogP contribution < -0.4 is 5.32 Å². The van der Waals surface area contributed by atoms with Crippen molar-refractivity contribution in [3.63, 3.8) is 0 Å². The lowest BCUT2D eigenvalue weighted by atomic mass is 10.1. The Morgan fingerprint density at radius 2 is 1.83 bits per heavy atom. The molecule has 0 bridgehead atoms. The van der Waals surface area contributed by atoms with E-state index in [-0.39, 0.29) is 12.4 Å². The number of nitrogens with zero attached hydrogens (tertiary/aromatic N) is 2. The number of halogens is 1. The number of benzene rings is 1. The molecular weight excluding hydrogens is 318 g/mol. The summed E-state index contributed by atoms with van der Waals surface area (Å²) in [6.07, 6.45) is 3.03. The molecule has 0 radical (unpaired) electrons. The van der Waals surface area contributed by atoms with Gasteiger partial charge in [0.25, 0.3) is 0 Å². The van der Waals surface area contributed by atoms with Gasteiger partial charge in [0.05, 0.1) is 5.52 Å². The number of nitrogens with one attached hydrogen (secondary N) is 1. The van der Waals surface area contributed by atoms with Crippen molar-refractivity contribution in [1.82, 2.24) is 9.55 Å². The highest BCUT2D eigenvalue weighted by Gasteiger charge is 2.14. The van der Waals surface area contributed by atoms with Crippen LogP contribution in [0.4, 0.5) is 5.82 Å². The van der Waals surface area contributed by atoms with E-state index in [0.717, 1.165) is 25.3 Å². The van der Waals surface area contributed by atoms with Gasteiger partial charge in [-0.1, -0.05) is 31.2 Å². The van der Waals surface area contributed by atoms with E-state index in [1.165, 1.54) is 33.3 Å². The Balaban J connectivity index is 0.00000208. The summed E-state index contributed by atoms with van der Waals surface area (Å²) in [4.78, 5) is 4.62. The molecule has 0 fully saturated rings. The second-order valence-corrected chi connectivity index (χ2v) is 6.20. The first kappa shape index (κ1) is 18.3. The molecule has 24 heavy (non-hydrogen) atoms. The van der Waals surface area contributed by atoms with Crippen LogP contribution in [0.1, 0.15) is 35.7 Å². The smallest absolute Gasteiger partial charge is 0.150 e. The van der Waals surface area contributed by atoms with E-state index in [1.807, 2.05) is 6.20 Å². The van der Waals surface area contributed by atoms with E-state index in [2.05, 4.69) is 72.9 Å². The average Bonchev–Trinajstić information content (AvgIpc) is 2.80. The van der Waals surface area contributed by atoms with E-state index in [4.69, 9.17) is 0 Å². The molecule has 3 nitrogen and oxygen atoms in total. The molecule has 3 aromatic rings. The number of anilines is 1. The van der Waals surface area contributed by atoms with Gasteiger partial charge in [0.15, 0.2) is 5.82 Å². The van der Waals surface area contributed by atoms with Crippen molar-refractivity contribution in [3.05, 3.63) is 58.9 Å². The van der Waals surface area contributed by atoms with E-state index >= 15 is 0 Å². The van der Waals surface area contributed by atoms with Crippen LogP contribution >= 0.6 is 12.4 Å².